The molecule has 0 spiro atoms. The highest BCUT2D eigenvalue weighted by atomic mass is 35.5. The number of benzene rings is 3. The summed E-state index contributed by atoms with van der Waals surface area (Å²) in [5.41, 5.74) is 5.92. The van der Waals surface area contributed by atoms with Gasteiger partial charge in [-0.1, -0.05) is 60.1 Å². The number of aryl methyl sites for hydroxylation is 1. The van der Waals surface area contributed by atoms with E-state index >= 15 is 0 Å². The maximum absolute atomic E-state index is 13.2. The van der Waals surface area contributed by atoms with Crippen LogP contribution in [0.5, 0.6) is 0 Å². The van der Waals surface area contributed by atoms with Gasteiger partial charge in [0, 0.05) is 40.6 Å². The standard InChI is InChI=1S/C25H21ClN2O2/c1-27-21-9-5-4-8-20(21)22(23(27)16-10-12-17(26)13-11-16)24-18-6-2-3-7-19(18)25(30)28(24)14-15-29/h2-13,24,29H,14-15H2,1H3. The third-order valence-electron chi connectivity index (χ3n) is 5.94. The number of aliphatic hydroxyl groups is 1. The first-order chi connectivity index (χ1) is 14.6. The van der Waals surface area contributed by atoms with Crippen molar-refractivity contribution in [1.29, 1.82) is 0 Å². The highest BCUT2D eigenvalue weighted by molar-refractivity contribution is 6.30. The van der Waals surface area contributed by atoms with Crippen molar-refractivity contribution in [3.63, 3.8) is 0 Å². The fraction of sp³-hybridized carbons (Fsp3) is 0.160. The number of β-amino-alcohol motifs (C(OH)–C–C–N with tert-alkyl or cyclic N) is 1. The molecule has 0 saturated carbocycles. The van der Waals surface area contributed by atoms with E-state index in [9.17, 15) is 9.90 Å². The fourth-order valence-electron chi connectivity index (χ4n) is 4.68. The van der Waals surface area contributed by atoms with Crippen LogP contribution in [-0.2, 0) is 7.05 Å². The Morgan fingerprint density at radius 1 is 0.967 bits per heavy atom. The summed E-state index contributed by atoms with van der Waals surface area (Å²) in [5, 5.41) is 11.5. The number of aromatic nitrogens is 1. The minimum Gasteiger partial charge on any atom is -0.395 e. The highest BCUT2D eigenvalue weighted by Gasteiger charge is 2.40. The van der Waals surface area contributed by atoms with E-state index in [0.29, 0.717) is 10.6 Å². The molecule has 0 bridgehead atoms. The number of hydrogen-bond donors (Lipinski definition) is 1. The van der Waals surface area contributed by atoms with Crippen LogP contribution in [0.2, 0.25) is 5.02 Å². The van der Waals surface area contributed by atoms with E-state index in [-0.39, 0.29) is 25.1 Å². The number of nitrogens with zero attached hydrogens (tertiary/aromatic N) is 2. The lowest BCUT2D eigenvalue weighted by Crippen LogP contribution is -2.31. The number of para-hydroxylation sites is 1. The van der Waals surface area contributed by atoms with Crippen LogP contribution in [0.25, 0.3) is 22.2 Å². The molecule has 4 aromatic rings. The zero-order chi connectivity index (χ0) is 20.8. The molecule has 1 aliphatic heterocycles. The number of aliphatic hydroxyl groups excluding tert-OH is 1. The molecule has 1 aliphatic rings. The average molecular weight is 417 g/mol. The topological polar surface area (TPSA) is 45.5 Å². The second-order valence-electron chi connectivity index (χ2n) is 7.56. The molecule has 5 heteroatoms. The van der Waals surface area contributed by atoms with Crippen molar-refractivity contribution in [2.24, 2.45) is 7.05 Å². The molecule has 1 N–H and O–H groups in total. The Morgan fingerprint density at radius 3 is 2.43 bits per heavy atom. The molecule has 2 heterocycles. The summed E-state index contributed by atoms with van der Waals surface area (Å²) in [4.78, 5) is 15.0. The van der Waals surface area contributed by atoms with Gasteiger partial charge in [-0.25, -0.2) is 0 Å². The van der Waals surface area contributed by atoms with Crippen molar-refractivity contribution < 1.29 is 9.90 Å². The number of carbonyl (C=O) groups excluding carboxylic acids is 1. The molecule has 150 valence electrons. The van der Waals surface area contributed by atoms with E-state index in [2.05, 4.69) is 23.7 Å². The lowest BCUT2D eigenvalue weighted by Gasteiger charge is -2.26. The van der Waals surface area contributed by atoms with Gasteiger partial charge in [0.05, 0.1) is 18.3 Å². The minimum atomic E-state index is -0.266. The number of hydrogen-bond acceptors (Lipinski definition) is 2. The van der Waals surface area contributed by atoms with Gasteiger partial charge in [0.25, 0.3) is 5.91 Å². The Hall–Kier alpha value is -3.08. The van der Waals surface area contributed by atoms with Crippen LogP contribution in [0, 0.1) is 0 Å². The molecule has 1 amide bonds. The number of fused-ring (bicyclic) bond motifs is 2. The van der Waals surface area contributed by atoms with Crippen LogP contribution in [0.15, 0.2) is 72.8 Å². The zero-order valence-electron chi connectivity index (χ0n) is 16.5. The quantitative estimate of drug-likeness (QED) is 0.506. The first-order valence-electron chi connectivity index (χ1n) is 9.96. The second-order valence-corrected chi connectivity index (χ2v) is 7.99. The van der Waals surface area contributed by atoms with Crippen LogP contribution in [0.3, 0.4) is 0 Å². The monoisotopic (exact) mass is 416 g/mol. The van der Waals surface area contributed by atoms with Gasteiger partial charge in [0.1, 0.15) is 0 Å². The van der Waals surface area contributed by atoms with E-state index in [0.717, 1.165) is 33.3 Å². The Kier molecular flexibility index (Phi) is 4.61. The Morgan fingerprint density at radius 2 is 1.67 bits per heavy atom. The number of amides is 1. The number of rotatable bonds is 4. The van der Waals surface area contributed by atoms with E-state index < -0.39 is 0 Å². The maximum atomic E-state index is 13.2. The van der Waals surface area contributed by atoms with Crippen LogP contribution in [0.4, 0.5) is 0 Å². The molecule has 0 saturated heterocycles. The molecule has 0 radical (unpaired) electrons. The van der Waals surface area contributed by atoms with E-state index in [1.165, 1.54) is 0 Å². The average Bonchev–Trinajstić information content (AvgIpc) is 3.21. The SMILES string of the molecule is Cn1c(-c2ccc(Cl)cc2)c(C2c3ccccc3C(=O)N2CCO)c2ccccc21. The third-order valence-corrected chi connectivity index (χ3v) is 6.19. The van der Waals surface area contributed by atoms with Crippen molar-refractivity contribution in [3.8, 4) is 11.3 Å². The van der Waals surface area contributed by atoms with E-state index in [1.54, 1.807) is 4.90 Å². The van der Waals surface area contributed by atoms with Gasteiger partial charge < -0.3 is 14.6 Å². The Bertz CT molecular complexity index is 1260. The number of carbonyl (C=O) groups is 1. The lowest BCUT2D eigenvalue weighted by atomic mass is 9.93. The van der Waals surface area contributed by atoms with Crippen molar-refractivity contribution in [2.75, 3.05) is 13.2 Å². The summed E-state index contributed by atoms with van der Waals surface area (Å²) in [6.07, 6.45) is 0. The number of halogens is 1. The first kappa shape index (κ1) is 18.9. The molecule has 0 fully saturated rings. The summed E-state index contributed by atoms with van der Waals surface area (Å²) in [5.74, 6) is -0.0420. The normalized spacial score (nSPS) is 15.8. The molecule has 30 heavy (non-hydrogen) atoms. The van der Waals surface area contributed by atoms with Gasteiger partial charge in [-0.2, -0.15) is 0 Å². The minimum absolute atomic E-state index is 0.0420. The van der Waals surface area contributed by atoms with E-state index in [1.807, 2.05) is 60.7 Å². The predicted octanol–water partition coefficient (Wildman–Crippen LogP) is 5.04. The molecule has 5 rings (SSSR count). The Balaban J connectivity index is 1.85. The maximum Gasteiger partial charge on any atom is 0.255 e. The van der Waals surface area contributed by atoms with Crippen LogP contribution in [-0.4, -0.2) is 33.6 Å². The zero-order valence-corrected chi connectivity index (χ0v) is 17.3. The fourth-order valence-corrected chi connectivity index (χ4v) is 4.80. The molecule has 0 aliphatic carbocycles. The third kappa shape index (κ3) is 2.76. The highest BCUT2D eigenvalue weighted by Crippen LogP contribution is 2.46. The van der Waals surface area contributed by atoms with Crippen LogP contribution < -0.4 is 0 Å². The molecule has 3 aromatic carbocycles. The summed E-state index contributed by atoms with van der Waals surface area (Å²) in [6, 6.07) is 23.5. The Labute approximate surface area is 179 Å². The predicted molar refractivity (Wildman–Crippen MR) is 120 cm³/mol. The smallest absolute Gasteiger partial charge is 0.255 e. The summed E-state index contributed by atoms with van der Waals surface area (Å²) in [6.45, 7) is 0.193. The summed E-state index contributed by atoms with van der Waals surface area (Å²) in [7, 11) is 2.05. The summed E-state index contributed by atoms with van der Waals surface area (Å²) >= 11 is 6.15. The molecule has 1 atom stereocenters. The lowest BCUT2D eigenvalue weighted by molar-refractivity contribution is 0.0713. The molecule has 1 aromatic heterocycles. The van der Waals surface area contributed by atoms with Gasteiger partial charge in [-0.05, 0) is 35.4 Å². The van der Waals surface area contributed by atoms with Gasteiger partial charge in [-0.15, -0.1) is 0 Å². The van der Waals surface area contributed by atoms with Gasteiger partial charge in [0.15, 0.2) is 0 Å². The van der Waals surface area contributed by atoms with Gasteiger partial charge >= 0.3 is 0 Å². The van der Waals surface area contributed by atoms with Crippen LogP contribution in [0.1, 0.15) is 27.5 Å². The largest absolute Gasteiger partial charge is 0.395 e. The van der Waals surface area contributed by atoms with E-state index in [4.69, 9.17) is 11.6 Å². The van der Waals surface area contributed by atoms with Gasteiger partial charge in [-0.3, -0.25) is 4.79 Å². The van der Waals surface area contributed by atoms with Crippen molar-refractivity contribution >= 4 is 28.4 Å². The first-order valence-corrected chi connectivity index (χ1v) is 10.3. The molecular formula is C25H21ClN2O2. The summed E-state index contributed by atoms with van der Waals surface area (Å²) < 4.78 is 2.18. The van der Waals surface area contributed by atoms with Crippen molar-refractivity contribution in [1.82, 2.24) is 9.47 Å². The van der Waals surface area contributed by atoms with Gasteiger partial charge in [0.2, 0.25) is 0 Å². The molecule has 1 unspecified atom stereocenters. The van der Waals surface area contributed by atoms with Crippen LogP contribution >= 0.6 is 11.6 Å². The van der Waals surface area contributed by atoms with Crippen molar-refractivity contribution in [2.45, 2.75) is 6.04 Å². The molecular weight excluding hydrogens is 396 g/mol. The van der Waals surface area contributed by atoms with Crippen molar-refractivity contribution in [3.05, 3.63) is 94.5 Å². The molecule has 4 nitrogen and oxygen atoms in total. The second kappa shape index (κ2) is 7.31.